The van der Waals surface area contributed by atoms with E-state index in [9.17, 15) is 9.59 Å². The number of hydrogen-bond donors (Lipinski definition) is 1. The summed E-state index contributed by atoms with van der Waals surface area (Å²) in [5, 5.41) is 2.80. The highest BCUT2D eigenvalue weighted by atomic mass is 16.2. The molecule has 0 spiro atoms. The lowest BCUT2D eigenvalue weighted by molar-refractivity contribution is -0.139. The van der Waals surface area contributed by atoms with Crippen molar-refractivity contribution in [1.29, 1.82) is 0 Å². The predicted molar refractivity (Wildman–Crippen MR) is 62.8 cm³/mol. The quantitative estimate of drug-likeness (QED) is 0.729. The summed E-state index contributed by atoms with van der Waals surface area (Å²) >= 11 is 0. The third kappa shape index (κ3) is 2.26. The molecule has 1 aliphatic rings. The zero-order chi connectivity index (χ0) is 12.3. The normalized spacial score (nSPS) is 28.3. The maximum atomic E-state index is 12.3. The lowest BCUT2D eigenvalue weighted by Gasteiger charge is -2.33. The molecule has 0 aromatic rings. The topological polar surface area (TPSA) is 49.4 Å². The van der Waals surface area contributed by atoms with Crippen LogP contribution in [0.2, 0.25) is 0 Å². The van der Waals surface area contributed by atoms with Gasteiger partial charge in [0.05, 0.1) is 0 Å². The molecule has 4 heteroatoms. The summed E-state index contributed by atoms with van der Waals surface area (Å²) in [6, 6.07) is -0.0360. The van der Waals surface area contributed by atoms with Crippen LogP contribution < -0.4 is 5.32 Å². The minimum atomic E-state index is -0.773. The molecule has 1 fully saturated rings. The van der Waals surface area contributed by atoms with Gasteiger partial charge in [-0.1, -0.05) is 13.0 Å². The minimum absolute atomic E-state index is 0.0201. The Morgan fingerprint density at radius 1 is 1.62 bits per heavy atom. The molecule has 0 radical (unpaired) electrons. The number of amides is 2. The molecule has 1 N–H and O–H groups in total. The predicted octanol–water partition coefficient (Wildman–Crippen LogP) is 1.08. The Bertz CT molecular complexity index is 314. The third-order valence-corrected chi connectivity index (χ3v) is 3.27. The van der Waals surface area contributed by atoms with E-state index in [4.69, 9.17) is 0 Å². The van der Waals surface area contributed by atoms with Gasteiger partial charge in [-0.2, -0.15) is 0 Å². The Morgan fingerprint density at radius 2 is 2.25 bits per heavy atom. The van der Waals surface area contributed by atoms with Crippen LogP contribution in [0.4, 0.5) is 0 Å². The summed E-state index contributed by atoms with van der Waals surface area (Å²) in [7, 11) is 0. The zero-order valence-corrected chi connectivity index (χ0v) is 10.2. The number of nitrogens with one attached hydrogen (secondary N) is 1. The van der Waals surface area contributed by atoms with Crippen molar-refractivity contribution in [2.24, 2.45) is 0 Å². The Hall–Kier alpha value is -1.32. The van der Waals surface area contributed by atoms with E-state index in [1.54, 1.807) is 17.9 Å². The molecule has 0 aliphatic carbocycles. The van der Waals surface area contributed by atoms with Gasteiger partial charge in [0.2, 0.25) is 11.8 Å². The molecule has 4 nitrogen and oxygen atoms in total. The molecule has 1 saturated heterocycles. The molecule has 0 aromatic carbocycles. The van der Waals surface area contributed by atoms with Crippen LogP contribution in [-0.4, -0.2) is 34.8 Å². The highest BCUT2D eigenvalue weighted by Gasteiger charge is 2.39. The van der Waals surface area contributed by atoms with E-state index in [0.29, 0.717) is 19.4 Å². The van der Waals surface area contributed by atoms with Crippen molar-refractivity contribution < 1.29 is 9.59 Å². The van der Waals surface area contributed by atoms with Crippen molar-refractivity contribution in [2.75, 3.05) is 6.54 Å². The molecule has 2 amide bonds. The van der Waals surface area contributed by atoms with Crippen molar-refractivity contribution in [3.63, 3.8) is 0 Å². The van der Waals surface area contributed by atoms with E-state index >= 15 is 0 Å². The first-order valence-electron chi connectivity index (χ1n) is 5.69. The first kappa shape index (κ1) is 12.7. The maximum Gasteiger partial charge on any atom is 0.248 e. The van der Waals surface area contributed by atoms with Gasteiger partial charge in [0, 0.05) is 19.0 Å². The Morgan fingerprint density at radius 3 is 2.75 bits per heavy atom. The highest BCUT2D eigenvalue weighted by Crippen LogP contribution is 2.19. The molecule has 1 aliphatic heterocycles. The number of nitrogens with zero attached hydrogens (tertiary/aromatic N) is 1. The Labute approximate surface area is 96.7 Å². The highest BCUT2D eigenvalue weighted by molar-refractivity contribution is 5.93. The van der Waals surface area contributed by atoms with Gasteiger partial charge in [-0.3, -0.25) is 9.59 Å². The zero-order valence-electron chi connectivity index (χ0n) is 10.2. The van der Waals surface area contributed by atoms with Crippen LogP contribution in [0.1, 0.15) is 33.6 Å². The second-order valence-corrected chi connectivity index (χ2v) is 4.46. The van der Waals surface area contributed by atoms with Crippen LogP contribution in [0.5, 0.6) is 0 Å². The fraction of sp³-hybridized carbons (Fsp3) is 0.667. The Kier molecular flexibility index (Phi) is 3.73. The van der Waals surface area contributed by atoms with Gasteiger partial charge in [0.25, 0.3) is 0 Å². The summed E-state index contributed by atoms with van der Waals surface area (Å²) in [6.45, 7) is 9.76. The molecule has 0 aromatic heterocycles. The van der Waals surface area contributed by atoms with Crippen molar-refractivity contribution in [2.45, 2.75) is 45.2 Å². The number of hydrogen-bond acceptors (Lipinski definition) is 2. The maximum absolute atomic E-state index is 12.3. The molecule has 1 rings (SSSR count). The summed E-state index contributed by atoms with van der Waals surface area (Å²) in [6.07, 6.45) is 2.68. The number of carbonyl (C=O) groups is 2. The SMILES string of the molecule is C=CC(C)N1CCC(=O)NC(C)(CC)C1=O. The first-order chi connectivity index (χ1) is 7.44. The molecule has 16 heavy (non-hydrogen) atoms. The van der Waals surface area contributed by atoms with Gasteiger partial charge in [0.1, 0.15) is 5.54 Å². The van der Waals surface area contributed by atoms with Crippen molar-refractivity contribution >= 4 is 11.8 Å². The van der Waals surface area contributed by atoms with Gasteiger partial charge in [-0.05, 0) is 20.3 Å². The van der Waals surface area contributed by atoms with E-state index in [1.807, 2.05) is 13.8 Å². The van der Waals surface area contributed by atoms with Crippen molar-refractivity contribution in [3.05, 3.63) is 12.7 Å². The van der Waals surface area contributed by atoms with E-state index in [-0.39, 0.29) is 17.9 Å². The van der Waals surface area contributed by atoms with Gasteiger partial charge < -0.3 is 10.2 Å². The third-order valence-electron chi connectivity index (χ3n) is 3.27. The summed E-state index contributed by atoms with van der Waals surface area (Å²) in [5.41, 5.74) is -0.773. The molecule has 90 valence electrons. The number of carbonyl (C=O) groups excluding carboxylic acids is 2. The molecule has 1 heterocycles. The van der Waals surface area contributed by atoms with Crippen LogP contribution in [0.15, 0.2) is 12.7 Å². The van der Waals surface area contributed by atoms with Crippen molar-refractivity contribution in [3.8, 4) is 0 Å². The van der Waals surface area contributed by atoms with Crippen LogP contribution in [0, 0.1) is 0 Å². The molecule has 0 bridgehead atoms. The van der Waals surface area contributed by atoms with E-state index in [1.165, 1.54) is 0 Å². The van der Waals surface area contributed by atoms with Crippen LogP contribution in [-0.2, 0) is 9.59 Å². The summed E-state index contributed by atoms with van der Waals surface area (Å²) < 4.78 is 0. The lowest BCUT2D eigenvalue weighted by Crippen LogP contribution is -2.56. The minimum Gasteiger partial charge on any atom is -0.342 e. The van der Waals surface area contributed by atoms with Crippen molar-refractivity contribution in [1.82, 2.24) is 10.2 Å². The standard InChI is InChI=1S/C12H20N2O2/c1-5-9(3)14-8-7-10(15)13-12(4,6-2)11(14)16/h5,9H,1,6-8H2,2-4H3,(H,13,15). The van der Waals surface area contributed by atoms with Gasteiger partial charge in [-0.25, -0.2) is 0 Å². The fourth-order valence-electron chi connectivity index (χ4n) is 1.82. The van der Waals surface area contributed by atoms with E-state index < -0.39 is 5.54 Å². The second-order valence-electron chi connectivity index (χ2n) is 4.46. The lowest BCUT2D eigenvalue weighted by atomic mass is 9.96. The monoisotopic (exact) mass is 224 g/mol. The molecular formula is C12H20N2O2. The van der Waals surface area contributed by atoms with E-state index in [0.717, 1.165) is 0 Å². The van der Waals surface area contributed by atoms with Crippen LogP contribution in [0.25, 0.3) is 0 Å². The average Bonchev–Trinajstić information content (AvgIpc) is 2.37. The molecule has 2 atom stereocenters. The molecular weight excluding hydrogens is 204 g/mol. The van der Waals surface area contributed by atoms with Crippen LogP contribution in [0.3, 0.4) is 0 Å². The summed E-state index contributed by atoms with van der Waals surface area (Å²) in [4.78, 5) is 25.6. The average molecular weight is 224 g/mol. The van der Waals surface area contributed by atoms with Crippen LogP contribution >= 0.6 is 0 Å². The summed E-state index contributed by atoms with van der Waals surface area (Å²) in [5.74, 6) is -0.0790. The first-order valence-corrected chi connectivity index (χ1v) is 5.69. The second kappa shape index (κ2) is 4.68. The molecule has 2 unspecified atom stereocenters. The van der Waals surface area contributed by atoms with Gasteiger partial charge in [-0.15, -0.1) is 6.58 Å². The van der Waals surface area contributed by atoms with E-state index in [2.05, 4.69) is 11.9 Å². The smallest absolute Gasteiger partial charge is 0.248 e. The largest absolute Gasteiger partial charge is 0.342 e. The van der Waals surface area contributed by atoms with Gasteiger partial charge >= 0.3 is 0 Å². The molecule has 0 saturated carbocycles. The number of rotatable bonds is 3. The Balaban J connectivity index is 3.01. The van der Waals surface area contributed by atoms with Gasteiger partial charge in [0.15, 0.2) is 0 Å². The fourth-order valence-corrected chi connectivity index (χ4v) is 1.82.